The molecule has 6 nitrogen and oxygen atoms in total. The quantitative estimate of drug-likeness (QED) is 0.900. The Labute approximate surface area is 120 Å². The second-order valence-corrected chi connectivity index (χ2v) is 8.78. The zero-order valence-electron chi connectivity index (χ0n) is 12.7. The van der Waals surface area contributed by atoms with Crippen molar-refractivity contribution in [2.24, 2.45) is 5.92 Å². The van der Waals surface area contributed by atoms with E-state index in [1.54, 1.807) is 0 Å². The molecule has 0 bridgehead atoms. The summed E-state index contributed by atoms with van der Waals surface area (Å²) in [5, 5.41) is 3.70. The predicted octanol–water partition coefficient (Wildman–Crippen LogP) is 2.15. The van der Waals surface area contributed by atoms with Gasteiger partial charge in [-0.25, -0.2) is 13.1 Å². The van der Waals surface area contributed by atoms with Gasteiger partial charge in [-0.1, -0.05) is 39.8 Å². The SMILES string of the molecule is CC(C)[C@@H](NS(=O)(=O)C1CC1)c1nc(C(C)(C)C)no1. The zero-order valence-corrected chi connectivity index (χ0v) is 13.5. The van der Waals surface area contributed by atoms with Crippen LogP contribution in [0.4, 0.5) is 0 Å². The number of sulfonamides is 1. The molecule has 1 atom stereocenters. The molecule has 0 amide bonds. The minimum Gasteiger partial charge on any atom is -0.338 e. The molecular formula is C13H23N3O3S. The van der Waals surface area contributed by atoms with Gasteiger partial charge in [-0.2, -0.15) is 4.98 Å². The second-order valence-electron chi connectivity index (χ2n) is 6.79. The highest BCUT2D eigenvalue weighted by Gasteiger charge is 2.39. The molecule has 7 heteroatoms. The molecule has 0 aliphatic heterocycles. The molecule has 0 unspecified atom stereocenters. The van der Waals surface area contributed by atoms with Crippen LogP contribution in [0.3, 0.4) is 0 Å². The molecule has 0 spiro atoms. The van der Waals surface area contributed by atoms with E-state index >= 15 is 0 Å². The van der Waals surface area contributed by atoms with Crippen molar-refractivity contribution < 1.29 is 12.9 Å². The first-order valence-electron chi connectivity index (χ1n) is 6.96. The molecule has 2 rings (SSSR count). The molecule has 0 saturated heterocycles. The van der Waals surface area contributed by atoms with Gasteiger partial charge in [0, 0.05) is 5.41 Å². The van der Waals surface area contributed by atoms with Gasteiger partial charge in [-0.3, -0.25) is 0 Å². The number of hydrogen-bond acceptors (Lipinski definition) is 5. The summed E-state index contributed by atoms with van der Waals surface area (Å²) in [6, 6.07) is -0.468. The van der Waals surface area contributed by atoms with Crippen molar-refractivity contribution in [1.29, 1.82) is 0 Å². The minimum atomic E-state index is -3.28. The van der Waals surface area contributed by atoms with Crippen molar-refractivity contribution in [3.63, 3.8) is 0 Å². The fourth-order valence-corrected chi connectivity index (χ4v) is 3.47. The monoisotopic (exact) mass is 301 g/mol. The molecule has 1 aliphatic carbocycles. The molecule has 1 aliphatic rings. The summed E-state index contributed by atoms with van der Waals surface area (Å²) >= 11 is 0. The van der Waals surface area contributed by atoms with Crippen LogP contribution < -0.4 is 4.72 Å². The fourth-order valence-electron chi connectivity index (χ4n) is 1.79. The third-order valence-corrected chi connectivity index (χ3v) is 5.23. The Morgan fingerprint density at radius 1 is 1.30 bits per heavy atom. The van der Waals surface area contributed by atoms with E-state index in [4.69, 9.17) is 4.52 Å². The van der Waals surface area contributed by atoms with Crippen LogP contribution in [0.25, 0.3) is 0 Å². The molecule has 20 heavy (non-hydrogen) atoms. The Morgan fingerprint density at radius 3 is 2.30 bits per heavy atom. The molecule has 1 N–H and O–H groups in total. The minimum absolute atomic E-state index is 0.0387. The zero-order chi connectivity index (χ0) is 15.1. The average Bonchev–Trinajstić information content (AvgIpc) is 3.03. The fraction of sp³-hybridized carbons (Fsp3) is 0.846. The van der Waals surface area contributed by atoms with Gasteiger partial charge in [0.25, 0.3) is 0 Å². The number of nitrogens with zero attached hydrogens (tertiary/aromatic N) is 2. The molecule has 1 aromatic heterocycles. The van der Waals surface area contributed by atoms with E-state index in [1.165, 1.54) is 0 Å². The summed E-state index contributed by atoms with van der Waals surface area (Å²) < 4.78 is 32.2. The van der Waals surface area contributed by atoms with Gasteiger partial charge in [0.15, 0.2) is 5.82 Å². The highest BCUT2D eigenvalue weighted by atomic mass is 32.2. The average molecular weight is 301 g/mol. The van der Waals surface area contributed by atoms with E-state index in [1.807, 2.05) is 34.6 Å². The van der Waals surface area contributed by atoms with Gasteiger partial charge in [-0.05, 0) is 18.8 Å². The van der Waals surface area contributed by atoms with Crippen LogP contribution >= 0.6 is 0 Å². The Hall–Kier alpha value is -0.950. The Balaban J connectivity index is 2.23. The maximum atomic E-state index is 12.1. The van der Waals surface area contributed by atoms with E-state index in [0.29, 0.717) is 11.7 Å². The second kappa shape index (κ2) is 5.11. The molecule has 1 saturated carbocycles. The summed E-state index contributed by atoms with van der Waals surface area (Å²) in [5.41, 5.74) is -0.224. The van der Waals surface area contributed by atoms with E-state index in [9.17, 15) is 8.42 Å². The van der Waals surface area contributed by atoms with Gasteiger partial charge in [0.1, 0.15) is 6.04 Å². The molecular weight excluding hydrogens is 278 g/mol. The topological polar surface area (TPSA) is 85.1 Å². The first-order valence-corrected chi connectivity index (χ1v) is 8.51. The molecule has 0 aromatic carbocycles. The van der Waals surface area contributed by atoms with Gasteiger partial charge in [0.2, 0.25) is 15.9 Å². The van der Waals surface area contributed by atoms with Gasteiger partial charge >= 0.3 is 0 Å². The Morgan fingerprint density at radius 2 is 1.90 bits per heavy atom. The number of rotatable bonds is 5. The van der Waals surface area contributed by atoms with Crippen molar-refractivity contribution in [3.8, 4) is 0 Å². The molecule has 1 heterocycles. The maximum absolute atomic E-state index is 12.1. The first kappa shape index (κ1) is 15.4. The highest BCUT2D eigenvalue weighted by molar-refractivity contribution is 7.90. The van der Waals surface area contributed by atoms with E-state index < -0.39 is 16.1 Å². The molecule has 1 fully saturated rings. The molecule has 1 aromatic rings. The lowest BCUT2D eigenvalue weighted by Crippen LogP contribution is -2.34. The smallest absolute Gasteiger partial charge is 0.245 e. The van der Waals surface area contributed by atoms with Crippen LogP contribution in [0.2, 0.25) is 0 Å². The molecule has 114 valence electrons. The normalized spacial score (nSPS) is 18.5. The van der Waals surface area contributed by atoms with Crippen LogP contribution in [0.15, 0.2) is 4.52 Å². The van der Waals surface area contributed by atoms with Crippen LogP contribution in [-0.2, 0) is 15.4 Å². The lowest BCUT2D eigenvalue weighted by Gasteiger charge is -2.18. The van der Waals surface area contributed by atoms with E-state index in [0.717, 1.165) is 12.8 Å². The summed E-state index contributed by atoms with van der Waals surface area (Å²) in [4.78, 5) is 4.36. The van der Waals surface area contributed by atoms with Crippen LogP contribution in [-0.4, -0.2) is 23.8 Å². The van der Waals surface area contributed by atoms with Crippen molar-refractivity contribution in [1.82, 2.24) is 14.9 Å². The van der Waals surface area contributed by atoms with Gasteiger partial charge in [0.05, 0.1) is 5.25 Å². The lowest BCUT2D eigenvalue weighted by molar-refractivity contribution is 0.306. The number of nitrogens with one attached hydrogen (secondary N) is 1. The third-order valence-electron chi connectivity index (χ3n) is 3.30. The Kier molecular flexibility index (Phi) is 3.94. The summed E-state index contributed by atoms with van der Waals surface area (Å²) in [5.74, 6) is 0.967. The first-order chi connectivity index (χ1) is 9.11. The van der Waals surface area contributed by atoms with E-state index in [-0.39, 0.29) is 16.6 Å². The summed E-state index contributed by atoms with van der Waals surface area (Å²) in [7, 11) is -3.28. The van der Waals surface area contributed by atoms with E-state index in [2.05, 4.69) is 14.9 Å². The summed E-state index contributed by atoms with van der Waals surface area (Å²) in [6.07, 6.45) is 1.47. The Bertz CT molecular complexity index is 568. The van der Waals surface area contributed by atoms with Gasteiger partial charge < -0.3 is 4.52 Å². The van der Waals surface area contributed by atoms with Crippen molar-refractivity contribution in [3.05, 3.63) is 11.7 Å². The maximum Gasteiger partial charge on any atom is 0.245 e. The number of aromatic nitrogens is 2. The van der Waals surface area contributed by atoms with Crippen LogP contribution in [0, 0.1) is 5.92 Å². The highest BCUT2D eigenvalue weighted by Crippen LogP contribution is 2.31. The van der Waals surface area contributed by atoms with Crippen molar-refractivity contribution >= 4 is 10.0 Å². The number of hydrogen-bond donors (Lipinski definition) is 1. The predicted molar refractivity (Wildman–Crippen MR) is 75.7 cm³/mol. The standard InChI is InChI=1S/C13H23N3O3S/c1-8(2)10(16-20(17,18)9-6-7-9)11-14-12(15-19-11)13(3,4)5/h8-10,16H,6-7H2,1-5H3/t10-/m1/s1. The van der Waals surface area contributed by atoms with Crippen molar-refractivity contribution in [2.75, 3.05) is 0 Å². The van der Waals surface area contributed by atoms with Gasteiger partial charge in [-0.15, -0.1) is 0 Å². The van der Waals surface area contributed by atoms with Crippen molar-refractivity contribution in [2.45, 2.75) is 64.2 Å². The van der Waals surface area contributed by atoms with Crippen LogP contribution in [0.5, 0.6) is 0 Å². The largest absolute Gasteiger partial charge is 0.338 e. The summed E-state index contributed by atoms with van der Waals surface area (Å²) in [6.45, 7) is 9.82. The third kappa shape index (κ3) is 3.38. The molecule has 0 radical (unpaired) electrons. The lowest BCUT2D eigenvalue weighted by atomic mass is 9.96. The van der Waals surface area contributed by atoms with Crippen LogP contribution in [0.1, 0.15) is 65.2 Å².